The highest BCUT2D eigenvalue weighted by Gasteiger charge is 2.57. The molecule has 3 aliphatic rings. The molecule has 4 atom stereocenters. The Hall–Kier alpha value is -3.88. The van der Waals surface area contributed by atoms with Crippen molar-refractivity contribution in [3.8, 4) is 0 Å². The van der Waals surface area contributed by atoms with Crippen LogP contribution in [-0.2, 0) is 6.42 Å². The van der Waals surface area contributed by atoms with E-state index in [-0.39, 0.29) is 24.1 Å². The quantitative estimate of drug-likeness (QED) is 0.179. The van der Waals surface area contributed by atoms with Gasteiger partial charge in [0.25, 0.3) is 0 Å². The first-order chi connectivity index (χ1) is 22.4. The van der Waals surface area contributed by atoms with Crippen LogP contribution in [0.1, 0.15) is 98.7 Å². The minimum Gasteiger partial charge on any atom is -0.393 e. The highest BCUT2D eigenvalue weighted by Crippen LogP contribution is 2.59. The fourth-order valence-electron chi connectivity index (χ4n) is 7.55. The van der Waals surface area contributed by atoms with Crippen LogP contribution in [0.2, 0.25) is 0 Å². The lowest BCUT2D eigenvalue weighted by molar-refractivity contribution is -0.0763. The standard InChI is InChI=1S/C39H46F2N2O4/c1-4-21-43(37(46)42-29-10-6-5-7-11-29)25-39(47)20-18-33-31-16-13-27(22-30(44)15-12-26(2)9-8-19-38(33,39)3)23-32(31)36(45)28-14-17-34(40)35(41)24-28/h5-7,9-11,13-14,16-17,23-24,30,33,44,47H,4,8,12,15,18-22,25H2,1-3H3,(H,42,46)/t30-,33-,38-,39+/m0/s1. The second-order valence-electron chi connectivity index (χ2n) is 13.6. The molecular formula is C39H46F2N2O4. The van der Waals surface area contributed by atoms with Gasteiger partial charge in [0.05, 0.1) is 18.2 Å². The molecule has 47 heavy (non-hydrogen) atoms. The summed E-state index contributed by atoms with van der Waals surface area (Å²) in [6.07, 6.45) is 6.14. The second kappa shape index (κ2) is 14.5. The van der Waals surface area contributed by atoms with Gasteiger partial charge in [0.1, 0.15) is 0 Å². The number of urea groups is 1. The molecule has 0 aliphatic heterocycles. The average Bonchev–Trinajstić information content (AvgIpc) is 3.30. The van der Waals surface area contributed by atoms with E-state index in [1.165, 1.54) is 11.6 Å². The smallest absolute Gasteiger partial charge is 0.321 e. The number of fused-ring (bicyclic) bond motifs is 8. The number of hydrogen-bond acceptors (Lipinski definition) is 4. The fraction of sp³-hybridized carbons (Fsp3) is 0.436. The van der Waals surface area contributed by atoms with Gasteiger partial charge in [-0.15, -0.1) is 0 Å². The summed E-state index contributed by atoms with van der Waals surface area (Å²) in [6.45, 7) is 6.68. The van der Waals surface area contributed by atoms with Gasteiger partial charge < -0.3 is 20.4 Å². The maximum absolute atomic E-state index is 14.3. The zero-order chi connectivity index (χ0) is 33.8. The number of anilines is 1. The topological polar surface area (TPSA) is 89.9 Å². The third-order valence-corrected chi connectivity index (χ3v) is 10.4. The summed E-state index contributed by atoms with van der Waals surface area (Å²) in [5.74, 6) is -2.84. The van der Waals surface area contributed by atoms with Crippen LogP contribution in [-0.4, -0.2) is 51.7 Å². The summed E-state index contributed by atoms with van der Waals surface area (Å²) in [7, 11) is 0. The van der Waals surface area contributed by atoms with E-state index >= 15 is 0 Å². The Bertz CT molecular complexity index is 1630. The second-order valence-corrected chi connectivity index (χ2v) is 13.6. The third kappa shape index (κ3) is 7.49. The van der Waals surface area contributed by atoms with Crippen molar-refractivity contribution in [1.29, 1.82) is 0 Å². The van der Waals surface area contributed by atoms with Crippen molar-refractivity contribution < 1.29 is 28.6 Å². The van der Waals surface area contributed by atoms with Crippen molar-refractivity contribution in [2.45, 2.75) is 89.8 Å². The predicted molar refractivity (Wildman–Crippen MR) is 181 cm³/mol. The highest BCUT2D eigenvalue weighted by atomic mass is 19.2. The van der Waals surface area contributed by atoms with Gasteiger partial charge in [-0.2, -0.15) is 0 Å². The lowest BCUT2D eigenvalue weighted by Gasteiger charge is -2.46. The Morgan fingerprint density at radius 2 is 1.77 bits per heavy atom. The van der Waals surface area contributed by atoms with E-state index in [0.717, 1.165) is 23.3 Å². The van der Waals surface area contributed by atoms with E-state index in [0.29, 0.717) is 69.2 Å². The number of ketones is 1. The number of amides is 2. The molecule has 3 N–H and O–H groups in total. The monoisotopic (exact) mass is 644 g/mol. The third-order valence-electron chi connectivity index (χ3n) is 10.4. The molecule has 0 radical (unpaired) electrons. The number of carbonyl (C=O) groups excluding carboxylic acids is 2. The lowest BCUT2D eigenvalue weighted by Crippen LogP contribution is -2.54. The number of nitrogens with one attached hydrogen (secondary N) is 1. The van der Waals surface area contributed by atoms with Crippen molar-refractivity contribution in [3.63, 3.8) is 0 Å². The largest absolute Gasteiger partial charge is 0.393 e. The summed E-state index contributed by atoms with van der Waals surface area (Å²) in [5.41, 5.74) is 1.69. The molecule has 250 valence electrons. The molecule has 3 aromatic carbocycles. The molecule has 0 saturated heterocycles. The van der Waals surface area contributed by atoms with Gasteiger partial charge in [0.2, 0.25) is 0 Å². The van der Waals surface area contributed by atoms with E-state index in [4.69, 9.17) is 0 Å². The number of aliphatic hydroxyl groups is 2. The SMILES string of the molecule is CCCN(C[C@]1(O)CC[C@H]2c3ccc(cc3C(=O)c3ccc(F)c(F)c3)C[C@@H](O)CCC(C)=CCC[C@@]21C)C(=O)Nc1ccccc1. The molecule has 6 nitrogen and oxygen atoms in total. The fourth-order valence-corrected chi connectivity index (χ4v) is 7.55. The molecule has 1 fully saturated rings. The number of aliphatic hydroxyl groups excluding tert-OH is 1. The summed E-state index contributed by atoms with van der Waals surface area (Å²) < 4.78 is 28.1. The minimum atomic E-state index is -1.28. The normalized spacial score (nSPS) is 24.6. The minimum absolute atomic E-state index is 0.0317. The van der Waals surface area contributed by atoms with Gasteiger partial charge in [-0.3, -0.25) is 4.79 Å². The molecular weight excluding hydrogens is 598 g/mol. The van der Waals surface area contributed by atoms with Gasteiger partial charge >= 0.3 is 6.03 Å². The molecule has 6 rings (SSSR count). The molecule has 3 aliphatic carbocycles. The van der Waals surface area contributed by atoms with E-state index < -0.39 is 34.5 Å². The van der Waals surface area contributed by atoms with E-state index in [9.17, 15) is 28.6 Å². The first-order valence-corrected chi connectivity index (χ1v) is 16.7. The molecule has 0 heterocycles. The molecule has 3 aromatic rings. The Kier molecular flexibility index (Phi) is 10.6. The Morgan fingerprint density at radius 1 is 1.00 bits per heavy atom. The zero-order valence-corrected chi connectivity index (χ0v) is 27.6. The first kappa shape index (κ1) is 34.5. The number of hydrogen-bond donors (Lipinski definition) is 3. The van der Waals surface area contributed by atoms with Crippen LogP contribution in [0.5, 0.6) is 0 Å². The number of allylic oxidation sites excluding steroid dienone is 2. The van der Waals surface area contributed by atoms with E-state index in [1.807, 2.05) is 49.4 Å². The van der Waals surface area contributed by atoms with Gasteiger partial charge in [-0.25, -0.2) is 13.6 Å². The number of carbonyl (C=O) groups is 2. The van der Waals surface area contributed by atoms with Crippen LogP contribution in [0.4, 0.5) is 19.3 Å². The number of nitrogens with zero attached hydrogens (tertiary/aromatic N) is 1. The number of halogens is 2. The zero-order valence-electron chi connectivity index (χ0n) is 27.6. The van der Waals surface area contributed by atoms with Crippen LogP contribution in [0.25, 0.3) is 0 Å². The number of rotatable bonds is 7. The van der Waals surface area contributed by atoms with Gasteiger partial charge in [-0.1, -0.05) is 55.8 Å². The molecule has 2 bridgehead atoms. The Balaban J connectivity index is 1.57. The highest BCUT2D eigenvalue weighted by molar-refractivity contribution is 6.10. The van der Waals surface area contributed by atoms with Crippen molar-refractivity contribution in [1.82, 2.24) is 4.90 Å². The maximum Gasteiger partial charge on any atom is 0.321 e. The summed E-state index contributed by atoms with van der Waals surface area (Å²) in [5, 5.41) is 26.5. The van der Waals surface area contributed by atoms with Crippen LogP contribution in [0.3, 0.4) is 0 Å². The van der Waals surface area contributed by atoms with Gasteiger partial charge in [0, 0.05) is 28.8 Å². The molecule has 0 unspecified atom stereocenters. The summed E-state index contributed by atoms with van der Waals surface area (Å²) in [6, 6.07) is 17.7. The van der Waals surface area contributed by atoms with E-state index in [2.05, 4.69) is 25.2 Å². The van der Waals surface area contributed by atoms with Crippen LogP contribution in [0, 0.1) is 17.0 Å². The lowest BCUT2D eigenvalue weighted by atomic mass is 9.64. The number of benzene rings is 3. The van der Waals surface area contributed by atoms with Crippen LogP contribution >= 0.6 is 0 Å². The van der Waals surface area contributed by atoms with Crippen molar-refractivity contribution in [2.75, 3.05) is 18.4 Å². The molecule has 0 aromatic heterocycles. The number of para-hydroxylation sites is 1. The van der Waals surface area contributed by atoms with Crippen LogP contribution < -0.4 is 5.32 Å². The maximum atomic E-state index is 14.3. The van der Waals surface area contributed by atoms with Gasteiger partial charge in [0.15, 0.2) is 17.4 Å². The Morgan fingerprint density at radius 3 is 2.49 bits per heavy atom. The summed E-state index contributed by atoms with van der Waals surface area (Å²) in [4.78, 5) is 29.3. The molecule has 2 amide bonds. The molecule has 1 saturated carbocycles. The van der Waals surface area contributed by atoms with Crippen molar-refractivity contribution in [3.05, 3.63) is 112 Å². The van der Waals surface area contributed by atoms with Crippen molar-refractivity contribution >= 4 is 17.5 Å². The predicted octanol–water partition coefficient (Wildman–Crippen LogP) is 8.18. The average molecular weight is 645 g/mol. The summed E-state index contributed by atoms with van der Waals surface area (Å²) >= 11 is 0. The first-order valence-electron chi connectivity index (χ1n) is 16.7. The van der Waals surface area contributed by atoms with Gasteiger partial charge in [-0.05, 0) is 112 Å². The van der Waals surface area contributed by atoms with E-state index in [1.54, 1.807) is 11.0 Å². The Labute approximate surface area is 276 Å². The van der Waals surface area contributed by atoms with Crippen molar-refractivity contribution in [2.24, 2.45) is 5.41 Å². The van der Waals surface area contributed by atoms with Crippen LogP contribution in [0.15, 0.2) is 78.4 Å². The molecule has 0 spiro atoms. The molecule has 8 heteroatoms.